The fraction of sp³-hybridized carbons (Fsp3) is 0.350. The number of hydrogen-bond acceptors (Lipinski definition) is 3. The van der Waals surface area contributed by atoms with Crippen molar-refractivity contribution in [2.45, 2.75) is 26.8 Å². The molecule has 0 radical (unpaired) electrons. The molecule has 0 saturated carbocycles. The van der Waals surface area contributed by atoms with Crippen LogP contribution in [0.4, 0.5) is 0 Å². The first-order valence-corrected chi connectivity index (χ1v) is 8.71. The van der Waals surface area contributed by atoms with Crippen LogP contribution in [0, 0.1) is 5.92 Å². The zero-order chi connectivity index (χ0) is 16.9. The Morgan fingerprint density at radius 2 is 1.92 bits per heavy atom. The minimum Gasteiger partial charge on any atom is -0.408 e. The Labute approximate surface area is 142 Å². The number of hydrogen-bond donors (Lipinski definition) is 1. The molecule has 4 heteroatoms. The number of fused-ring (bicyclic) bond motifs is 1. The minimum atomic E-state index is -0.257. The lowest BCUT2D eigenvalue weighted by atomic mass is 10.1. The molecule has 2 aromatic carbocycles. The van der Waals surface area contributed by atoms with E-state index < -0.39 is 0 Å². The van der Waals surface area contributed by atoms with Gasteiger partial charge in [-0.2, -0.15) is 0 Å². The first-order chi connectivity index (χ1) is 11.8. The van der Waals surface area contributed by atoms with Crippen LogP contribution in [0.1, 0.15) is 20.3 Å². The van der Waals surface area contributed by atoms with Crippen LogP contribution in [0.15, 0.2) is 57.7 Å². The van der Waals surface area contributed by atoms with E-state index in [0.717, 1.165) is 42.7 Å². The Bertz CT molecular complexity index is 843. The maximum atomic E-state index is 12.2. The van der Waals surface area contributed by atoms with E-state index in [-0.39, 0.29) is 5.76 Å². The van der Waals surface area contributed by atoms with E-state index in [4.69, 9.17) is 4.42 Å². The van der Waals surface area contributed by atoms with Crippen molar-refractivity contribution in [2.75, 3.05) is 13.1 Å². The smallest absolute Gasteiger partial charge is 0.408 e. The third-order valence-electron chi connectivity index (χ3n) is 4.38. The van der Waals surface area contributed by atoms with Crippen molar-refractivity contribution in [1.82, 2.24) is 9.88 Å². The van der Waals surface area contributed by atoms with Crippen LogP contribution in [0.2, 0.25) is 0 Å². The molecular formula is C20H24N2O2. The summed E-state index contributed by atoms with van der Waals surface area (Å²) in [4.78, 5) is 12.2. The van der Waals surface area contributed by atoms with Crippen LogP contribution in [0.25, 0.3) is 22.2 Å². The van der Waals surface area contributed by atoms with Crippen molar-refractivity contribution in [2.24, 2.45) is 5.92 Å². The highest BCUT2D eigenvalue weighted by Gasteiger charge is 2.18. The molecule has 1 saturated heterocycles. The molecule has 0 bridgehead atoms. The number of aromatic nitrogens is 1. The largest absolute Gasteiger partial charge is 0.419 e. The fourth-order valence-corrected chi connectivity index (χ4v) is 3.17. The molecule has 126 valence electrons. The first-order valence-electron chi connectivity index (χ1n) is 8.71. The summed E-state index contributed by atoms with van der Waals surface area (Å²) in [5, 5.41) is 3.34. The SMILES string of the molecule is CC.O=c1oc2ccc(-c3ccccc3)cc2n1CC1CCNC1. The highest BCUT2D eigenvalue weighted by Crippen LogP contribution is 2.24. The summed E-state index contributed by atoms with van der Waals surface area (Å²) in [6, 6.07) is 16.1. The second-order valence-corrected chi connectivity index (χ2v) is 5.89. The summed E-state index contributed by atoms with van der Waals surface area (Å²) in [5.41, 5.74) is 3.80. The van der Waals surface area contributed by atoms with Gasteiger partial charge in [-0.3, -0.25) is 4.57 Å². The summed E-state index contributed by atoms with van der Waals surface area (Å²) in [6.07, 6.45) is 1.11. The second kappa shape index (κ2) is 7.49. The quantitative estimate of drug-likeness (QED) is 0.795. The van der Waals surface area contributed by atoms with E-state index in [9.17, 15) is 4.79 Å². The average molecular weight is 324 g/mol. The predicted octanol–water partition coefficient (Wildman–Crippen LogP) is 3.90. The molecule has 0 spiro atoms. The van der Waals surface area contributed by atoms with Crippen LogP contribution in [-0.4, -0.2) is 17.7 Å². The van der Waals surface area contributed by atoms with Crippen LogP contribution in [0.3, 0.4) is 0 Å². The molecule has 1 unspecified atom stereocenters. The van der Waals surface area contributed by atoms with Gasteiger partial charge in [-0.05, 0) is 48.7 Å². The molecule has 1 aliphatic rings. The minimum absolute atomic E-state index is 0.257. The van der Waals surface area contributed by atoms with Gasteiger partial charge >= 0.3 is 5.76 Å². The normalized spacial score (nSPS) is 16.8. The van der Waals surface area contributed by atoms with Gasteiger partial charge < -0.3 is 9.73 Å². The van der Waals surface area contributed by atoms with E-state index in [1.54, 1.807) is 4.57 Å². The van der Waals surface area contributed by atoms with Crippen LogP contribution in [-0.2, 0) is 6.54 Å². The molecule has 2 heterocycles. The van der Waals surface area contributed by atoms with Gasteiger partial charge in [0, 0.05) is 6.54 Å². The average Bonchev–Trinajstić information content (AvgIpc) is 3.26. The van der Waals surface area contributed by atoms with Gasteiger partial charge in [0.1, 0.15) is 0 Å². The molecule has 3 aromatic rings. The molecule has 0 amide bonds. The summed E-state index contributed by atoms with van der Waals surface area (Å²) < 4.78 is 7.16. The highest BCUT2D eigenvalue weighted by molar-refractivity contribution is 5.80. The number of benzene rings is 2. The van der Waals surface area contributed by atoms with E-state index in [0.29, 0.717) is 11.5 Å². The Morgan fingerprint density at radius 1 is 1.12 bits per heavy atom. The Balaban J connectivity index is 0.000000815. The van der Waals surface area contributed by atoms with Crippen molar-refractivity contribution in [3.05, 3.63) is 59.1 Å². The van der Waals surface area contributed by atoms with Gasteiger partial charge in [-0.25, -0.2) is 4.79 Å². The number of nitrogens with one attached hydrogen (secondary N) is 1. The van der Waals surface area contributed by atoms with Crippen molar-refractivity contribution < 1.29 is 4.42 Å². The highest BCUT2D eigenvalue weighted by atomic mass is 16.4. The Morgan fingerprint density at radius 3 is 2.62 bits per heavy atom. The van der Waals surface area contributed by atoms with Crippen LogP contribution < -0.4 is 11.1 Å². The lowest BCUT2D eigenvalue weighted by Gasteiger charge is -2.09. The van der Waals surface area contributed by atoms with Crippen molar-refractivity contribution in [3.63, 3.8) is 0 Å². The number of oxazole rings is 1. The monoisotopic (exact) mass is 324 g/mol. The maximum Gasteiger partial charge on any atom is 0.419 e. The lowest BCUT2D eigenvalue weighted by Crippen LogP contribution is -2.21. The van der Waals surface area contributed by atoms with Crippen LogP contribution >= 0.6 is 0 Å². The number of nitrogens with zero attached hydrogens (tertiary/aromatic N) is 1. The van der Waals surface area contributed by atoms with E-state index >= 15 is 0 Å². The molecule has 1 N–H and O–H groups in total. The van der Waals surface area contributed by atoms with E-state index in [1.165, 1.54) is 0 Å². The second-order valence-electron chi connectivity index (χ2n) is 5.89. The third-order valence-corrected chi connectivity index (χ3v) is 4.38. The third kappa shape index (κ3) is 3.29. The van der Waals surface area contributed by atoms with Gasteiger partial charge in [0.15, 0.2) is 5.58 Å². The number of rotatable bonds is 3. The van der Waals surface area contributed by atoms with Crippen molar-refractivity contribution >= 4 is 11.1 Å². The molecule has 1 aliphatic heterocycles. The molecule has 4 rings (SSSR count). The van der Waals surface area contributed by atoms with Gasteiger partial charge in [-0.1, -0.05) is 50.2 Å². The molecule has 1 fully saturated rings. The molecule has 0 aliphatic carbocycles. The molecule has 1 atom stereocenters. The Hall–Kier alpha value is -2.33. The predicted molar refractivity (Wildman–Crippen MR) is 98.2 cm³/mol. The first kappa shape index (κ1) is 16.5. The van der Waals surface area contributed by atoms with E-state index in [2.05, 4.69) is 23.5 Å². The van der Waals surface area contributed by atoms with Gasteiger partial charge in [-0.15, -0.1) is 0 Å². The molecule has 24 heavy (non-hydrogen) atoms. The Kier molecular flexibility index (Phi) is 5.16. The maximum absolute atomic E-state index is 12.2. The van der Waals surface area contributed by atoms with Crippen LogP contribution in [0.5, 0.6) is 0 Å². The summed E-state index contributed by atoms with van der Waals surface area (Å²) in [7, 11) is 0. The lowest BCUT2D eigenvalue weighted by molar-refractivity contribution is 0.438. The molecular weight excluding hydrogens is 300 g/mol. The molecule has 4 nitrogen and oxygen atoms in total. The van der Waals surface area contributed by atoms with Gasteiger partial charge in [0.2, 0.25) is 0 Å². The van der Waals surface area contributed by atoms with E-state index in [1.807, 2.05) is 44.2 Å². The van der Waals surface area contributed by atoms with Crippen molar-refractivity contribution in [3.8, 4) is 11.1 Å². The fourth-order valence-electron chi connectivity index (χ4n) is 3.17. The topological polar surface area (TPSA) is 47.2 Å². The zero-order valence-electron chi connectivity index (χ0n) is 14.3. The zero-order valence-corrected chi connectivity index (χ0v) is 14.3. The molecule has 1 aromatic heterocycles. The summed E-state index contributed by atoms with van der Waals surface area (Å²) in [6.45, 7) is 6.72. The summed E-state index contributed by atoms with van der Waals surface area (Å²) >= 11 is 0. The van der Waals surface area contributed by atoms with Gasteiger partial charge in [0.25, 0.3) is 0 Å². The van der Waals surface area contributed by atoms with Crippen molar-refractivity contribution in [1.29, 1.82) is 0 Å². The standard InChI is InChI=1S/C18H18N2O2.C2H6/c21-18-20(12-13-8-9-19-11-13)16-10-15(6-7-17(16)22-18)14-4-2-1-3-5-14;1-2/h1-7,10,13,19H,8-9,11-12H2;1-2H3. The summed E-state index contributed by atoms with van der Waals surface area (Å²) in [5.74, 6) is 0.242. The van der Waals surface area contributed by atoms with Gasteiger partial charge in [0.05, 0.1) is 5.52 Å².